The maximum absolute atomic E-state index is 13.3. The molecule has 0 amide bonds. The van der Waals surface area contributed by atoms with Crippen molar-refractivity contribution in [2.24, 2.45) is 0 Å². The van der Waals surface area contributed by atoms with E-state index in [1.54, 1.807) is 16.7 Å². The van der Waals surface area contributed by atoms with Gasteiger partial charge in [-0.3, -0.25) is 0 Å². The van der Waals surface area contributed by atoms with Gasteiger partial charge in [-0.1, -0.05) is 6.07 Å². The van der Waals surface area contributed by atoms with Crippen LogP contribution in [0.15, 0.2) is 36.8 Å². The van der Waals surface area contributed by atoms with Gasteiger partial charge in [-0.2, -0.15) is 5.26 Å². The topological polar surface area (TPSA) is 54.5 Å². The van der Waals surface area contributed by atoms with Crippen LogP contribution in [0.5, 0.6) is 0 Å². The molecular formula is C14H8F2N4. The summed E-state index contributed by atoms with van der Waals surface area (Å²) in [7, 11) is 0. The monoisotopic (exact) mass is 270 g/mol. The summed E-state index contributed by atoms with van der Waals surface area (Å²) in [6.07, 6.45) is 3.01. The average Bonchev–Trinajstić information content (AvgIpc) is 2.82. The Morgan fingerprint density at radius 2 is 2.00 bits per heavy atom. The maximum Gasteiger partial charge on any atom is 0.161 e. The Morgan fingerprint density at radius 3 is 2.80 bits per heavy atom. The predicted octanol–water partition coefficient (Wildman–Crippen LogP) is 2.63. The van der Waals surface area contributed by atoms with Crippen molar-refractivity contribution < 1.29 is 8.78 Å². The normalized spacial score (nSPS) is 10.7. The molecule has 0 aliphatic carbocycles. The summed E-state index contributed by atoms with van der Waals surface area (Å²) >= 11 is 0. The lowest BCUT2D eigenvalue weighted by Gasteiger charge is -2.05. The second-order valence-electron chi connectivity index (χ2n) is 4.25. The summed E-state index contributed by atoms with van der Waals surface area (Å²) < 4.78 is 28.1. The van der Waals surface area contributed by atoms with Gasteiger partial charge in [0.1, 0.15) is 11.8 Å². The molecule has 4 nitrogen and oxygen atoms in total. The van der Waals surface area contributed by atoms with Gasteiger partial charge in [-0.05, 0) is 6.07 Å². The number of halogens is 2. The number of aromatic nitrogens is 3. The van der Waals surface area contributed by atoms with Crippen LogP contribution < -0.4 is 0 Å². The minimum absolute atomic E-state index is 0.303. The van der Waals surface area contributed by atoms with E-state index >= 15 is 0 Å². The van der Waals surface area contributed by atoms with Crippen molar-refractivity contribution in [3.8, 4) is 6.07 Å². The van der Waals surface area contributed by atoms with Crippen molar-refractivity contribution in [1.29, 1.82) is 5.26 Å². The molecule has 0 saturated carbocycles. The van der Waals surface area contributed by atoms with Crippen LogP contribution in [0.1, 0.15) is 11.3 Å². The molecule has 0 spiro atoms. The van der Waals surface area contributed by atoms with Crippen LogP contribution in [0, 0.1) is 23.0 Å². The zero-order chi connectivity index (χ0) is 14.1. The molecule has 20 heavy (non-hydrogen) atoms. The number of rotatable bonds is 2. The van der Waals surface area contributed by atoms with Crippen molar-refractivity contribution in [3.63, 3.8) is 0 Å². The van der Waals surface area contributed by atoms with Crippen LogP contribution in [0.25, 0.3) is 11.0 Å². The lowest BCUT2D eigenvalue weighted by atomic mass is 10.2. The van der Waals surface area contributed by atoms with Crippen LogP contribution in [0.4, 0.5) is 8.78 Å². The van der Waals surface area contributed by atoms with Crippen LogP contribution in [-0.4, -0.2) is 14.5 Å². The van der Waals surface area contributed by atoms with Crippen LogP contribution in [-0.2, 0) is 6.54 Å². The molecule has 3 rings (SSSR count). The molecule has 0 bridgehead atoms. The summed E-state index contributed by atoms with van der Waals surface area (Å²) in [6.45, 7) is 0.318. The fourth-order valence-corrected chi connectivity index (χ4v) is 2.03. The quantitative estimate of drug-likeness (QED) is 0.719. The third-order valence-electron chi connectivity index (χ3n) is 3.00. The van der Waals surface area contributed by atoms with E-state index in [1.165, 1.54) is 12.5 Å². The number of nitrogens with zero attached hydrogens (tertiary/aromatic N) is 4. The molecule has 2 heterocycles. The number of hydrogen-bond acceptors (Lipinski definition) is 3. The number of benzene rings is 1. The zero-order valence-electron chi connectivity index (χ0n) is 10.2. The van der Waals surface area contributed by atoms with E-state index < -0.39 is 11.6 Å². The number of nitriles is 1. The minimum Gasteiger partial charge on any atom is -0.326 e. The van der Waals surface area contributed by atoms with Crippen molar-refractivity contribution >= 4 is 11.0 Å². The Bertz CT molecular complexity index is 833. The van der Waals surface area contributed by atoms with Crippen molar-refractivity contribution in [3.05, 3.63) is 59.7 Å². The number of hydrogen-bond donors (Lipinski definition) is 0. The molecule has 0 aliphatic heterocycles. The van der Waals surface area contributed by atoms with Gasteiger partial charge in [0.05, 0.1) is 23.9 Å². The lowest BCUT2D eigenvalue weighted by molar-refractivity contribution is 0.510. The van der Waals surface area contributed by atoms with Gasteiger partial charge in [0, 0.05) is 23.9 Å². The summed E-state index contributed by atoms with van der Waals surface area (Å²) in [4.78, 5) is 7.99. The Hall–Kier alpha value is -2.81. The van der Waals surface area contributed by atoms with Crippen LogP contribution >= 0.6 is 0 Å². The SMILES string of the molecule is N#Cc1ncccc1Cn1cnc2cc(F)c(F)cc21. The van der Waals surface area contributed by atoms with E-state index in [2.05, 4.69) is 9.97 Å². The Labute approximate surface area is 112 Å². The molecular weight excluding hydrogens is 262 g/mol. The fraction of sp³-hybridized carbons (Fsp3) is 0.0714. The van der Waals surface area contributed by atoms with E-state index in [0.29, 0.717) is 28.8 Å². The first-order valence-electron chi connectivity index (χ1n) is 5.83. The number of fused-ring (bicyclic) bond motifs is 1. The van der Waals surface area contributed by atoms with E-state index in [9.17, 15) is 8.78 Å². The molecule has 0 atom stereocenters. The fourth-order valence-electron chi connectivity index (χ4n) is 2.03. The van der Waals surface area contributed by atoms with Gasteiger partial charge in [-0.25, -0.2) is 18.7 Å². The predicted molar refractivity (Wildman–Crippen MR) is 67.7 cm³/mol. The van der Waals surface area contributed by atoms with E-state index in [0.717, 1.165) is 12.1 Å². The van der Waals surface area contributed by atoms with Gasteiger partial charge >= 0.3 is 0 Å². The van der Waals surface area contributed by atoms with Gasteiger partial charge in [0.25, 0.3) is 0 Å². The third-order valence-corrected chi connectivity index (χ3v) is 3.00. The van der Waals surface area contributed by atoms with E-state index in [4.69, 9.17) is 5.26 Å². The van der Waals surface area contributed by atoms with Gasteiger partial charge in [0.15, 0.2) is 11.6 Å². The van der Waals surface area contributed by atoms with E-state index in [-0.39, 0.29) is 0 Å². The smallest absolute Gasteiger partial charge is 0.161 e. The van der Waals surface area contributed by atoms with Gasteiger partial charge in [-0.15, -0.1) is 0 Å². The molecule has 6 heteroatoms. The highest BCUT2D eigenvalue weighted by Crippen LogP contribution is 2.19. The molecule has 0 saturated heterocycles. The largest absolute Gasteiger partial charge is 0.326 e. The number of imidazole rings is 1. The van der Waals surface area contributed by atoms with E-state index in [1.807, 2.05) is 6.07 Å². The van der Waals surface area contributed by atoms with Crippen molar-refractivity contribution in [2.75, 3.05) is 0 Å². The highest BCUT2D eigenvalue weighted by Gasteiger charge is 2.10. The zero-order valence-corrected chi connectivity index (χ0v) is 10.2. The molecule has 0 unspecified atom stereocenters. The van der Waals surface area contributed by atoms with Crippen LogP contribution in [0.2, 0.25) is 0 Å². The van der Waals surface area contributed by atoms with Gasteiger partial charge in [0.2, 0.25) is 0 Å². The summed E-state index contributed by atoms with van der Waals surface area (Å²) in [5, 5.41) is 8.99. The highest BCUT2D eigenvalue weighted by atomic mass is 19.2. The van der Waals surface area contributed by atoms with Crippen molar-refractivity contribution in [1.82, 2.24) is 14.5 Å². The first-order chi connectivity index (χ1) is 9.69. The summed E-state index contributed by atoms with van der Waals surface area (Å²) in [5.41, 5.74) is 1.83. The minimum atomic E-state index is -0.929. The van der Waals surface area contributed by atoms with Gasteiger partial charge < -0.3 is 4.57 Å². The standard InChI is InChI=1S/C14H8F2N4/c15-10-4-12-14(5-11(10)16)20(8-19-12)7-9-2-1-3-18-13(9)6-17/h1-5,8H,7H2. The summed E-state index contributed by atoms with van der Waals surface area (Å²) in [5.74, 6) is -1.85. The Kier molecular flexibility index (Phi) is 2.88. The molecule has 98 valence electrons. The Morgan fingerprint density at radius 1 is 1.20 bits per heavy atom. The Balaban J connectivity index is 2.08. The first-order valence-corrected chi connectivity index (χ1v) is 5.83. The molecule has 0 fully saturated rings. The lowest BCUT2D eigenvalue weighted by Crippen LogP contribution is -2.02. The summed E-state index contributed by atoms with van der Waals surface area (Å²) in [6, 6.07) is 7.63. The maximum atomic E-state index is 13.3. The molecule has 0 radical (unpaired) electrons. The molecule has 3 aromatic rings. The van der Waals surface area contributed by atoms with Crippen LogP contribution in [0.3, 0.4) is 0 Å². The molecule has 1 aromatic carbocycles. The molecule has 0 N–H and O–H groups in total. The molecule has 0 aliphatic rings. The highest BCUT2D eigenvalue weighted by molar-refractivity contribution is 5.75. The number of pyridine rings is 1. The third kappa shape index (κ3) is 1.99. The average molecular weight is 270 g/mol. The molecule has 2 aromatic heterocycles. The van der Waals surface area contributed by atoms with Crippen molar-refractivity contribution in [2.45, 2.75) is 6.54 Å². The first kappa shape index (κ1) is 12.2. The second-order valence-corrected chi connectivity index (χ2v) is 4.25. The second kappa shape index (κ2) is 4.70.